The van der Waals surface area contributed by atoms with Crippen molar-refractivity contribution in [2.75, 3.05) is 19.0 Å². The zero-order valence-corrected chi connectivity index (χ0v) is 23.3. The highest BCUT2D eigenvalue weighted by atomic mass is 127. The number of thioether (sulfide) groups is 1. The van der Waals surface area contributed by atoms with Crippen molar-refractivity contribution >= 4 is 63.2 Å². The van der Waals surface area contributed by atoms with Gasteiger partial charge in [0, 0.05) is 9.26 Å². The molecule has 190 valence electrons. The average molecular weight is 628 g/mol. The summed E-state index contributed by atoms with van der Waals surface area (Å²) in [5.41, 5.74) is 3.46. The lowest BCUT2D eigenvalue weighted by Crippen LogP contribution is -2.36. The molecule has 37 heavy (non-hydrogen) atoms. The predicted molar refractivity (Wildman–Crippen MR) is 154 cm³/mol. The van der Waals surface area contributed by atoms with Gasteiger partial charge in [0.1, 0.15) is 13.2 Å². The Balaban J connectivity index is 1.40. The number of halogens is 1. The number of hydrogen-bond acceptors (Lipinski definition) is 6. The molecule has 0 atom stereocenters. The van der Waals surface area contributed by atoms with Gasteiger partial charge in [-0.15, -0.1) is 0 Å². The van der Waals surface area contributed by atoms with E-state index in [1.54, 1.807) is 43.5 Å². The molecule has 4 rings (SSSR count). The maximum atomic E-state index is 12.9. The Kier molecular flexibility index (Phi) is 8.88. The standard InChI is InChI=1S/C28H25IN2O5S/c1-3-18-6-11-22(12-7-18)30-26(32)16-31-27(33)25(37-28(31)34)15-20-8-13-23(24(14-20)35-2)36-17-19-4-9-21(29)10-5-19/h4-15H,3,16-17H2,1-2H3,(H,30,32)/b25-15-. The highest BCUT2D eigenvalue weighted by Crippen LogP contribution is 2.34. The van der Waals surface area contributed by atoms with Crippen LogP contribution in [0.2, 0.25) is 0 Å². The topological polar surface area (TPSA) is 84.9 Å². The SMILES string of the molecule is CCc1ccc(NC(=O)CN2C(=O)S/C(=C\c3ccc(OCc4ccc(I)cc4)c(OC)c3)C2=O)cc1. The summed E-state index contributed by atoms with van der Waals surface area (Å²) in [5, 5.41) is 2.24. The molecule has 0 spiro atoms. The van der Waals surface area contributed by atoms with Crippen molar-refractivity contribution in [3.63, 3.8) is 0 Å². The lowest BCUT2D eigenvalue weighted by atomic mass is 10.1. The largest absolute Gasteiger partial charge is 0.493 e. The molecule has 0 aromatic heterocycles. The number of carbonyl (C=O) groups excluding carboxylic acids is 3. The third-order valence-corrected chi connectivity index (χ3v) is 7.24. The molecule has 3 aromatic rings. The van der Waals surface area contributed by atoms with E-state index in [2.05, 4.69) is 27.9 Å². The molecule has 0 saturated carbocycles. The first-order valence-corrected chi connectivity index (χ1v) is 13.4. The molecule has 1 saturated heterocycles. The highest BCUT2D eigenvalue weighted by Gasteiger charge is 2.36. The molecular formula is C28H25IN2O5S. The van der Waals surface area contributed by atoms with Crippen molar-refractivity contribution in [2.24, 2.45) is 0 Å². The minimum Gasteiger partial charge on any atom is -0.493 e. The van der Waals surface area contributed by atoms with Crippen molar-refractivity contribution in [3.8, 4) is 11.5 Å². The van der Waals surface area contributed by atoms with Gasteiger partial charge in [0.2, 0.25) is 5.91 Å². The molecule has 1 heterocycles. The fraction of sp³-hybridized carbons (Fsp3) is 0.179. The normalized spacial score (nSPS) is 14.2. The molecule has 0 bridgehead atoms. The van der Waals surface area contributed by atoms with Crippen molar-refractivity contribution in [1.29, 1.82) is 0 Å². The molecular weight excluding hydrogens is 603 g/mol. The quantitative estimate of drug-likeness (QED) is 0.227. The van der Waals surface area contributed by atoms with Crippen LogP contribution in [0.5, 0.6) is 11.5 Å². The Morgan fingerprint density at radius 3 is 2.38 bits per heavy atom. The lowest BCUT2D eigenvalue weighted by molar-refractivity contribution is -0.127. The number of benzene rings is 3. The maximum Gasteiger partial charge on any atom is 0.294 e. The number of nitrogens with one attached hydrogen (secondary N) is 1. The zero-order valence-electron chi connectivity index (χ0n) is 20.3. The van der Waals surface area contributed by atoms with Crippen molar-refractivity contribution in [2.45, 2.75) is 20.0 Å². The summed E-state index contributed by atoms with van der Waals surface area (Å²) in [6.45, 7) is 2.08. The Morgan fingerprint density at radius 2 is 1.70 bits per heavy atom. The van der Waals surface area contributed by atoms with Crippen molar-refractivity contribution in [3.05, 3.63) is 91.9 Å². The molecule has 3 amide bonds. The number of methoxy groups -OCH3 is 1. The molecule has 0 radical (unpaired) electrons. The van der Waals surface area contributed by atoms with E-state index in [0.717, 1.165) is 37.8 Å². The van der Waals surface area contributed by atoms with Gasteiger partial charge in [0.15, 0.2) is 11.5 Å². The number of anilines is 1. The number of carbonyl (C=O) groups is 3. The number of hydrogen-bond donors (Lipinski definition) is 1. The monoisotopic (exact) mass is 628 g/mol. The van der Waals surface area contributed by atoms with Crippen LogP contribution < -0.4 is 14.8 Å². The third-order valence-electron chi connectivity index (χ3n) is 5.61. The van der Waals surface area contributed by atoms with E-state index in [1.807, 2.05) is 43.3 Å². The van der Waals surface area contributed by atoms with Crippen LogP contribution in [0.4, 0.5) is 10.5 Å². The second kappa shape index (κ2) is 12.3. The Labute approximate surface area is 233 Å². The maximum absolute atomic E-state index is 12.9. The van der Waals surface area contributed by atoms with Crippen LogP contribution >= 0.6 is 34.4 Å². The first-order chi connectivity index (χ1) is 17.9. The summed E-state index contributed by atoms with van der Waals surface area (Å²) >= 11 is 3.05. The van der Waals surface area contributed by atoms with Crippen LogP contribution in [0.1, 0.15) is 23.6 Å². The number of imide groups is 1. The summed E-state index contributed by atoms with van der Waals surface area (Å²) in [6, 6.07) is 20.8. The minimum atomic E-state index is -0.510. The van der Waals surface area contributed by atoms with Gasteiger partial charge in [-0.3, -0.25) is 19.3 Å². The number of aryl methyl sites for hydroxylation is 1. The van der Waals surface area contributed by atoms with E-state index in [-0.39, 0.29) is 11.4 Å². The van der Waals surface area contributed by atoms with E-state index in [4.69, 9.17) is 9.47 Å². The molecule has 7 nitrogen and oxygen atoms in total. The first-order valence-electron chi connectivity index (χ1n) is 11.6. The van der Waals surface area contributed by atoms with Gasteiger partial charge < -0.3 is 14.8 Å². The second-order valence-electron chi connectivity index (χ2n) is 8.19. The van der Waals surface area contributed by atoms with E-state index in [1.165, 1.54) is 0 Å². The second-order valence-corrected chi connectivity index (χ2v) is 10.4. The summed E-state index contributed by atoms with van der Waals surface area (Å²) in [6.07, 6.45) is 2.50. The van der Waals surface area contributed by atoms with Crippen LogP contribution in [-0.2, 0) is 22.6 Å². The smallest absolute Gasteiger partial charge is 0.294 e. The van der Waals surface area contributed by atoms with Gasteiger partial charge in [-0.1, -0.05) is 37.3 Å². The molecule has 9 heteroatoms. The number of amides is 3. The van der Waals surface area contributed by atoms with Gasteiger partial charge in [-0.05, 0) is 99.9 Å². The van der Waals surface area contributed by atoms with Crippen LogP contribution in [0.15, 0.2) is 71.6 Å². The van der Waals surface area contributed by atoms with Gasteiger partial charge in [-0.25, -0.2) is 0 Å². The van der Waals surface area contributed by atoms with Gasteiger partial charge in [0.05, 0.1) is 12.0 Å². The summed E-state index contributed by atoms with van der Waals surface area (Å²) in [4.78, 5) is 39.0. The van der Waals surface area contributed by atoms with Gasteiger partial charge >= 0.3 is 0 Å². The number of rotatable bonds is 9. The molecule has 1 aliphatic rings. The molecule has 1 aliphatic heterocycles. The fourth-order valence-electron chi connectivity index (χ4n) is 3.59. The Morgan fingerprint density at radius 1 is 1.00 bits per heavy atom. The van der Waals surface area contributed by atoms with Crippen LogP contribution in [-0.4, -0.2) is 35.6 Å². The molecule has 1 N–H and O–H groups in total. The lowest BCUT2D eigenvalue weighted by Gasteiger charge is -2.13. The summed E-state index contributed by atoms with van der Waals surface area (Å²) < 4.78 is 12.5. The van der Waals surface area contributed by atoms with Crippen LogP contribution in [0.25, 0.3) is 6.08 Å². The first kappa shape index (κ1) is 26.7. The van der Waals surface area contributed by atoms with E-state index >= 15 is 0 Å². The highest BCUT2D eigenvalue weighted by molar-refractivity contribution is 14.1. The van der Waals surface area contributed by atoms with E-state index in [9.17, 15) is 14.4 Å². The molecule has 0 unspecified atom stereocenters. The summed E-state index contributed by atoms with van der Waals surface area (Å²) in [7, 11) is 1.54. The summed E-state index contributed by atoms with van der Waals surface area (Å²) in [5.74, 6) is 0.121. The van der Waals surface area contributed by atoms with E-state index in [0.29, 0.717) is 29.4 Å². The minimum absolute atomic E-state index is 0.236. The Bertz CT molecular complexity index is 1340. The molecule has 0 aliphatic carbocycles. The predicted octanol–water partition coefficient (Wildman–Crippen LogP) is 6.12. The van der Waals surface area contributed by atoms with Crippen molar-refractivity contribution in [1.82, 2.24) is 4.90 Å². The van der Waals surface area contributed by atoms with Gasteiger partial charge in [-0.2, -0.15) is 0 Å². The van der Waals surface area contributed by atoms with E-state index < -0.39 is 17.1 Å². The van der Waals surface area contributed by atoms with Crippen LogP contribution in [0, 0.1) is 3.57 Å². The Hall–Kier alpha value is -3.31. The number of nitrogens with zero attached hydrogens (tertiary/aromatic N) is 1. The fourth-order valence-corrected chi connectivity index (χ4v) is 4.79. The molecule has 3 aromatic carbocycles. The van der Waals surface area contributed by atoms with Crippen molar-refractivity contribution < 1.29 is 23.9 Å². The molecule has 1 fully saturated rings. The third kappa shape index (κ3) is 6.92. The number of ether oxygens (including phenoxy) is 2. The van der Waals surface area contributed by atoms with Crippen LogP contribution in [0.3, 0.4) is 0 Å². The zero-order chi connectivity index (χ0) is 26.4. The van der Waals surface area contributed by atoms with Gasteiger partial charge in [0.25, 0.3) is 11.1 Å². The average Bonchev–Trinajstić information content (AvgIpc) is 3.16.